The van der Waals surface area contributed by atoms with E-state index in [4.69, 9.17) is 10.5 Å². The monoisotopic (exact) mass is 262 g/mol. The molecule has 0 unspecified atom stereocenters. The smallest absolute Gasteiger partial charge is 0.224 e. The van der Waals surface area contributed by atoms with Gasteiger partial charge in [0.15, 0.2) is 0 Å². The summed E-state index contributed by atoms with van der Waals surface area (Å²) >= 11 is 0. The first-order valence-corrected chi connectivity index (χ1v) is 6.69. The van der Waals surface area contributed by atoms with Crippen molar-refractivity contribution >= 4 is 5.91 Å². The minimum absolute atomic E-state index is 0.0595. The van der Waals surface area contributed by atoms with Gasteiger partial charge < -0.3 is 15.8 Å². The summed E-state index contributed by atoms with van der Waals surface area (Å²) in [5.74, 6) is 0.911. The van der Waals surface area contributed by atoms with Crippen LogP contribution in [-0.4, -0.2) is 26.1 Å². The number of ether oxygens (including phenoxy) is 1. The lowest BCUT2D eigenvalue weighted by atomic mass is 10.1. The van der Waals surface area contributed by atoms with Gasteiger partial charge in [-0.15, -0.1) is 0 Å². The van der Waals surface area contributed by atoms with Crippen molar-refractivity contribution in [2.75, 3.05) is 20.2 Å². The highest BCUT2D eigenvalue weighted by atomic mass is 16.5. The van der Waals surface area contributed by atoms with Crippen molar-refractivity contribution in [2.45, 2.75) is 26.2 Å². The van der Waals surface area contributed by atoms with E-state index >= 15 is 0 Å². The van der Waals surface area contributed by atoms with Crippen molar-refractivity contribution < 1.29 is 9.53 Å². The Balaban J connectivity index is 1.86. The maximum absolute atomic E-state index is 11.9. The number of nitrogens with two attached hydrogens (primary N) is 1. The van der Waals surface area contributed by atoms with Crippen molar-refractivity contribution in [3.05, 3.63) is 29.3 Å². The third-order valence-electron chi connectivity index (χ3n) is 3.87. The molecule has 0 spiro atoms. The van der Waals surface area contributed by atoms with E-state index in [2.05, 4.69) is 5.32 Å². The van der Waals surface area contributed by atoms with E-state index in [1.807, 2.05) is 25.1 Å². The van der Waals surface area contributed by atoms with E-state index in [1.165, 1.54) is 0 Å². The van der Waals surface area contributed by atoms with Crippen molar-refractivity contribution in [1.82, 2.24) is 5.32 Å². The van der Waals surface area contributed by atoms with Crippen LogP contribution in [0, 0.1) is 12.3 Å². The molecule has 3 N–H and O–H groups in total. The maximum Gasteiger partial charge on any atom is 0.224 e. The van der Waals surface area contributed by atoms with E-state index in [0.29, 0.717) is 19.5 Å². The first-order chi connectivity index (χ1) is 9.08. The highest BCUT2D eigenvalue weighted by Gasteiger charge is 2.41. The van der Waals surface area contributed by atoms with Crippen LogP contribution in [0.4, 0.5) is 0 Å². The van der Waals surface area contributed by atoms with Crippen LogP contribution in [0.3, 0.4) is 0 Å². The molecule has 1 fully saturated rings. The predicted octanol–water partition coefficient (Wildman–Crippen LogP) is 1.40. The summed E-state index contributed by atoms with van der Waals surface area (Å²) in [6.45, 7) is 3.35. The highest BCUT2D eigenvalue weighted by molar-refractivity contribution is 5.78. The molecule has 0 bridgehead atoms. The molecule has 0 aromatic heterocycles. The quantitative estimate of drug-likeness (QED) is 0.814. The van der Waals surface area contributed by atoms with Gasteiger partial charge in [0.05, 0.1) is 13.5 Å². The minimum atomic E-state index is 0.0595. The largest absolute Gasteiger partial charge is 0.496 e. The molecule has 1 amide bonds. The van der Waals surface area contributed by atoms with Gasteiger partial charge in [-0.3, -0.25) is 4.79 Å². The van der Waals surface area contributed by atoms with Gasteiger partial charge in [-0.05, 0) is 48.9 Å². The molecule has 1 aromatic carbocycles. The summed E-state index contributed by atoms with van der Waals surface area (Å²) in [6.07, 6.45) is 2.67. The van der Waals surface area contributed by atoms with Gasteiger partial charge in [0.2, 0.25) is 5.91 Å². The molecule has 0 radical (unpaired) electrons. The number of carbonyl (C=O) groups is 1. The number of amides is 1. The van der Waals surface area contributed by atoms with Crippen LogP contribution in [0.25, 0.3) is 0 Å². The number of aryl methyl sites for hydroxylation is 1. The fourth-order valence-corrected chi connectivity index (χ4v) is 2.21. The van der Waals surface area contributed by atoms with Gasteiger partial charge in [0.1, 0.15) is 5.75 Å². The molecular weight excluding hydrogens is 240 g/mol. The van der Waals surface area contributed by atoms with Crippen molar-refractivity contribution in [1.29, 1.82) is 0 Å². The fraction of sp³-hybridized carbons (Fsp3) is 0.533. The summed E-state index contributed by atoms with van der Waals surface area (Å²) < 4.78 is 5.21. The Kier molecular flexibility index (Phi) is 4.10. The van der Waals surface area contributed by atoms with E-state index < -0.39 is 0 Å². The van der Waals surface area contributed by atoms with Gasteiger partial charge in [-0.2, -0.15) is 0 Å². The van der Waals surface area contributed by atoms with E-state index in [-0.39, 0.29) is 11.3 Å². The van der Waals surface area contributed by atoms with Crippen LogP contribution >= 0.6 is 0 Å². The number of rotatable bonds is 6. The van der Waals surface area contributed by atoms with Gasteiger partial charge in [-0.1, -0.05) is 12.1 Å². The van der Waals surface area contributed by atoms with E-state index in [9.17, 15) is 4.79 Å². The molecule has 1 aliphatic carbocycles. The van der Waals surface area contributed by atoms with Gasteiger partial charge in [0, 0.05) is 6.54 Å². The summed E-state index contributed by atoms with van der Waals surface area (Å²) in [5.41, 5.74) is 7.94. The molecule has 1 aliphatic rings. The Morgan fingerprint density at radius 1 is 1.47 bits per heavy atom. The molecule has 104 valence electrons. The Morgan fingerprint density at radius 3 is 2.74 bits per heavy atom. The van der Waals surface area contributed by atoms with Gasteiger partial charge >= 0.3 is 0 Å². The number of methoxy groups -OCH3 is 1. The first-order valence-electron chi connectivity index (χ1n) is 6.69. The van der Waals surface area contributed by atoms with Crippen LogP contribution in [0.15, 0.2) is 18.2 Å². The number of nitrogens with one attached hydrogen (secondary N) is 1. The topological polar surface area (TPSA) is 64.3 Å². The summed E-state index contributed by atoms with van der Waals surface area (Å²) in [7, 11) is 1.65. The van der Waals surface area contributed by atoms with Crippen LogP contribution in [0.5, 0.6) is 5.75 Å². The lowest BCUT2D eigenvalue weighted by Gasteiger charge is -2.13. The second-order valence-corrected chi connectivity index (χ2v) is 5.46. The molecule has 4 nitrogen and oxygen atoms in total. The van der Waals surface area contributed by atoms with Gasteiger partial charge in [0.25, 0.3) is 0 Å². The van der Waals surface area contributed by atoms with Crippen LogP contribution < -0.4 is 15.8 Å². The first kappa shape index (κ1) is 13.9. The number of benzene rings is 1. The number of hydrogen-bond acceptors (Lipinski definition) is 3. The lowest BCUT2D eigenvalue weighted by molar-refractivity contribution is -0.120. The molecule has 0 atom stereocenters. The lowest BCUT2D eigenvalue weighted by Crippen LogP contribution is -2.34. The van der Waals surface area contributed by atoms with Crippen LogP contribution in [0.2, 0.25) is 0 Å². The average Bonchev–Trinajstić information content (AvgIpc) is 3.17. The third-order valence-corrected chi connectivity index (χ3v) is 3.87. The number of hydrogen-bond donors (Lipinski definition) is 2. The number of carbonyl (C=O) groups excluding carboxylic acids is 1. The maximum atomic E-state index is 11.9. The molecule has 0 heterocycles. The zero-order valence-corrected chi connectivity index (χ0v) is 11.7. The summed E-state index contributed by atoms with van der Waals surface area (Å²) in [4.78, 5) is 11.9. The Labute approximate surface area is 114 Å². The molecule has 2 rings (SSSR count). The molecule has 0 aliphatic heterocycles. The zero-order valence-electron chi connectivity index (χ0n) is 11.7. The summed E-state index contributed by atoms with van der Waals surface area (Å²) in [6, 6.07) is 5.83. The van der Waals surface area contributed by atoms with Crippen molar-refractivity contribution in [2.24, 2.45) is 11.1 Å². The molecule has 1 aromatic rings. The summed E-state index contributed by atoms with van der Waals surface area (Å²) in [5, 5.41) is 2.98. The predicted molar refractivity (Wildman–Crippen MR) is 75.2 cm³/mol. The second-order valence-electron chi connectivity index (χ2n) is 5.46. The fourth-order valence-electron chi connectivity index (χ4n) is 2.21. The van der Waals surface area contributed by atoms with Crippen LogP contribution in [0.1, 0.15) is 24.0 Å². The van der Waals surface area contributed by atoms with Gasteiger partial charge in [-0.25, -0.2) is 0 Å². The third kappa shape index (κ3) is 3.47. The Bertz CT molecular complexity index is 467. The minimum Gasteiger partial charge on any atom is -0.496 e. The average molecular weight is 262 g/mol. The molecular formula is C15H22N2O2. The second kappa shape index (κ2) is 5.61. The highest BCUT2D eigenvalue weighted by Crippen LogP contribution is 2.43. The Hall–Kier alpha value is -1.55. The van der Waals surface area contributed by atoms with E-state index in [1.54, 1.807) is 7.11 Å². The zero-order chi connectivity index (χ0) is 13.9. The van der Waals surface area contributed by atoms with Crippen molar-refractivity contribution in [3.63, 3.8) is 0 Å². The van der Waals surface area contributed by atoms with E-state index in [0.717, 1.165) is 29.7 Å². The normalized spacial score (nSPS) is 15.9. The standard InChI is InChI=1S/C15H22N2O2/c1-11-7-12(3-4-13(11)19-2)8-14(18)17-10-15(9-16)5-6-15/h3-4,7H,5-6,8-10,16H2,1-2H3,(H,17,18). The SMILES string of the molecule is COc1ccc(CC(=O)NCC2(CN)CC2)cc1C. The van der Waals surface area contributed by atoms with Crippen molar-refractivity contribution in [3.8, 4) is 5.75 Å². The molecule has 19 heavy (non-hydrogen) atoms. The molecule has 4 heteroatoms. The molecule has 1 saturated carbocycles. The Morgan fingerprint density at radius 2 is 2.21 bits per heavy atom. The van der Waals surface area contributed by atoms with Crippen LogP contribution in [-0.2, 0) is 11.2 Å². The molecule has 0 saturated heterocycles.